The fourth-order valence-corrected chi connectivity index (χ4v) is 4.34. The molecule has 3 aliphatic rings. The molecule has 0 aliphatic heterocycles. The maximum absolute atomic E-state index is 12.4. The Kier molecular flexibility index (Phi) is 3.92. The van der Waals surface area contributed by atoms with E-state index < -0.39 is 5.92 Å². The van der Waals surface area contributed by atoms with Gasteiger partial charge in [-0.2, -0.15) is 0 Å². The summed E-state index contributed by atoms with van der Waals surface area (Å²) in [6.07, 6.45) is 11.1. The Bertz CT molecular complexity index is 547. The van der Waals surface area contributed by atoms with Crippen molar-refractivity contribution in [2.45, 2.75) is 46.0 Å². The summed E-state index contributed by atoms with van der Waals surface area (Å²) < 4.78 is 0. The maximum Gasteiger partial charge on any atom is 0.143 e. The zero-order valence-electron chi connectivity index (χ0n) is 13.4. The molecule has 0 amide bonds. The molecule has 0 N–H and O–H groups in total. The van der Waals surface area contributed by atoms with Crippen LogP contribution in [0.25, 0.3) is 0 Å². The van der Waals surface area contributed by atoms with Crippen molar-refractivity contribution in [3.05, 3.63) is 24.3 Å². The van der Waals surface area contributed by atoms with E-state index in [2.05, 4.69) is 12.2 Å². The number of rotatable bonds is 2. The van der Waals surface area contributed by atoms with E-state index in [1.807, 2.05) is 26.0 Å². The van der Waals surface area contributed by atoms with Crippen LogP contribution in [-0.2, 0) is 14.4 Å². The number of hydrogen-bond donors (Lipinski definition) is 0. The van der Waals surface area contributed by atoms with Crippen molar-refractivity contribution >= 4 is 17.3 Å². The Morgan fingerprint density at radius 2 is 1.64 bits per heavy atom. The van der Waals surface area contributed by atoms with Crippen LogP contribution in [0, 0.1) is 29.1 Å². The van der Waals surface area contributed by atoms with Gasteiger partial charge in [0.05, 0.1) is 5.92 Å². The molecule has 0 spiro atoms. The van der Waals surface area contributed by atoms with Crippen LogP contribution in [0.3, 0.4) is 0 Å². The maximum atomic E-state index is 12.4. The minimum atomic E-state index is -0.556. The van der Waals surface area contributed by atoms with Crippen molar-refractivity contribution < 1.29 is 14.4 Å². The predicted octanol–water partition coefficient (Wildman–Crippen LogP) is 3.29. The molecular formula is C19H24O3. The second kappa shape index (κ2) is 5.60. The average molecular weight is 300 g/mol. The molecule has 3 rings (SSSR count). The van der Waals surface area contributed by atoms with E-state index in [-0.39, 0.29) is 34.6 Å². The lowest BCUT2D eigenvalue weighted by Gasteiger charge is -2.38. The highest BCUT2D eigenvalue weighted by Crippen LogP contribution is 2.42. The molecule has 0 bridgehead atoms. The lowest BCUT2D eigenvalue weighted by atomic mass is 9.63. The standard InChI is InChI=1S/C19H24O3/c1-19(2)10-17(21)15(18(22)11-19)9-14-13-6-4-3-5-12(13)7-8-16(14)20/h3-6,12-15H,7-11H2,1-2H3. The van der Waals surface area contributed by atoms with Crippen molar-refractivity contribution in [3.63, 3.8) is 0 Å². The zero-order chi connectivity index (χ0) is 15.9. The minimum absolute atomic E-state index is 0.0338. The fourth-order valence-electron chi connectivity index (χ4n) is 4.34. The highest BCUT2D eigenvalue weighted by Gasteiger charge is 2.44. The van der Waals surface area contributed by atoms with Gasteiger partial charge in [-0.15, -0.1) is 0 Å². The van der Waals surface area contributed by atoms with E-state index >= 15 is 0 Å². The molecule has 118 valence electrons. The van der Waals surface area contributed by atoms with E-state index in [0.29, 0.717) is 31.6 Å². The van der Waals surface area contributed by atoms with Crippen LogP contribution in [0.5, 0.6) is 0 Å². The number of carbonyl (C=O) groups excluding carboxylic acids is 3. The normalized spacial score (nSPS) is 34.8. The van der Waals surface area contributed by atoms with Gasteiger partial charge in [-0.3, -0.25) is 14.4 Å². The van der Waals surface area contributed by atoms with Gasteiger partial charge >= 0.3 is 0 Å². The molecular weight excluding hydrogens is 276 g/mol. The minimum Gasteiger partial charge on any atom is -0.299 e. The largest absolute Gasteiger partial charge is 0.299 e. The second-order valence-corrected chi connectivity index (χ2v) is 7.86. The highest BCUT2D eigenvalue weighted by atomic mass is 16.2. The molecule has 0 aromatic rings. The molecule has 0 aromatic carbocycles. The lowest BCUT2D eigenvalue weighted by molar-refractivity contribution is -0.141. The summed E-state index contributed by atoms with van der Waals surface area (Å²) in [5.41, 5.74) is -0.225. The van der Waals surface area contributed by atoms with Crippen LogP contribution >= 0.6 is 0 Å². The summed E-state index contributed by atoms with van der Waals surface area (Å²) >= 11 is 0. The molecule has 0 aromatic heterocycles. The van der Waals surface area contributed by atoms with E-state index in [1.54, 1.807) is 0 Å². The molecule has 3 atom stereocenters. The molecule has 0 saturated heterocycles. The Morgan fingerprint density at radius 1 is 1.00 bits per heavy atom. The molecule has 2 saturated carbocycles. The number of fused-ring (bicyclic) bond motifs is 1. The summed E-state index contributed by atoms with van der Waals surface area (Å²) in [6, 6.07) is 0. The molecule has 3 aliphatic carbocycles. The predicted molar refractivity (Wildman–Crippen MR) is 84.1 cm³/mol. The molecule has 3 nitrogen and oxygen atoms in total. The summed E-state index contributed by atoms with van der Waals surface area (Å²) in [5.74, 6) is 0.128. The molecule has 0 heterocycles. The van der Waals surface area contributed by atoms with Gasteiger partial charge in [-0.1, -0.05) is 38.2 Å². The number of carbonyl (C=O) groups is 3. The summed E-state index contributed by atoms with van der Waals surface area (Å²) in [5, 5.41) is 0. The first-order valence-corrected chi connectivity index (χ1v) is 8.30. The van der Waals surface area contributed by atoms with E-state index in [0.717, 1.165) is 6.42 Å². The first kappa shape index (κ1) is 15.4. The van der Waals surface area contributed by atoms with Crippen molar-refractivity contribution in [1.29, 1.82) is 0 Å². The van der Waals surface area contributed by atoms with E-state index in [9.17, 15) is 14.4 Å². The number of Topliss-reactive ketones (excluding diaryl/α,β-unsaturated/α-hetero) is 3. The van der Waals surface area contributed by atoms with Crippen LogP contribution in [0.2, 0.25) is 0 Å². The van der Waals surface area contributed by atoms with Crippen molar-refractivity contribution in [2.75, 3.05) is 0 Å². The van der Waals surface area contributed by atoms with Crippen LogP contribution < -0.4 is 0 Å². The third-order valence-electron chi connectivity index (χ3n) is 5.47. The van der Waals surface area contributed by atoms with Crippen molar-refractivity contribution in [2.24, 2.45) is 29.1 Å². The average Bonchev–Trinajstić information content (AvgIpc) is 2.43. The zero-order valence-corrected chi connectivity index (χ0v) is 13.4. The summed E-state index contributed by atoms with van der Waals surface area (Å²) in [7, 11) is 0. The Balaban J connectivity index is 1.77. The second-order valence-electron chi connectivity index (χ2n) is 7.86. The van der Waals surface area contributed by atoms with Gasteiger partial charge < -0.3 is 0 Å². The lowest BCUT2D eigenvalue weighted by Crippen LogP contribution is -2.42. The van der Waals surface area contributed by atoms with Gasteiger partial charge in [0, 0.05) is 25.2 Å². The Morgan fingerprint density at radius 3 is 2.32 bits per heavy atom. The topological polar surface area (TPSA) is 51.2 Å². The SMILES string of the molecule is CC1(C)CC(=O)C(CC2C(=O)CCC3C=CC=CC32)C(=O)C1. The van der Waals surface area contributed by atoms with Crippen LogP contribution in [0.1, 0.15) is 46.0 Å². The molecule has 22 heavy (non-hydrogen) atoms. The van der Waals surface area contributed by atoms with E-state index in [4.69, 9.17) is 0 Å². The smallest absolute Gasteiger partial charge is 0.143 e. The van der Waals surface area contributed by atoms with Crippen LogP contribution in [0.4, 0.5) is 0 Å². The highest BCUT2D eigenvalue weighted by molar-refractivity contribution is 6.05. The monoisotopic (exact) mass is 300 g/mol. The van der Waals surface area contributed by atoms with Gasteiger partial charge in [0.25, 0.3) is 0 Å². The van der Waals surface area contributed by atoms with Crippen LogP contribution in [0.15, 0.2) is 24.3 Å². The molecule has 2 fully saturated rings. The van der Waals surface area contributed by atoms with Crippen molar-refractivity contribution in [1.82, 2.24) is 0 Å². The van der Waals surface area contributed by atoms with Crippen LogP contribution in [-0.4, -0.2) is 17.3 Å². The third-order valence-corrected chi connectivity index (χ3v) is 5.47. The summed E-state index contributed by atoms with van der Waals surface area (Å²) in [6.45, 7) is 3.94. The summed E-state index contributed by atoms with van der Waals surface area (Å²) in [4.78, 5) is 37.2. The van der Waals surface area contributed by atoms with Gasteiger partial charge in [-0.25, -0.2) is 0 Å². The Hall–Kier alpha value is -1.51. The third kappa shape index (κ3) is 2.86. The first-order chi connectivity index (χ1) is 10.4. The fraction of sp³-hybridized carbons (Fsp3) is 0.632. The van der Waals surface area contributed by atoms with Gasteiger partial charge in [0.2, 0.25) is 0 Å². The quantitative estimate of drug-likeness (QED) is 0.735. The molecule has 3 unspecified atom stereocenters. The Labute approximate surface area is 131 Å². The van der Waals surface area contributed by atoms with Crippen molar-refractivity contribution in [3.8, 4) is 0 Å². The first-order valence-electron chi connectivity index (χ1n) is 8.30. The van der Waals surface area contributed by atoms with Gasteiger partial charge in [-0.05, 0) is 30.1 Å². The number of hydrogen-bond acceptors (Lipinski definition) is 3. The van der Waals surface area contributed by atoms with Gasteiger partial charge in [0.1, 0.15) is 17.3 Å². The molecule has 0 radical (unpaired) electrons. The number of ketones is 3. The van der Waals surface area contributed by atoms with Gasteiger partial charge in [0.15, 0.2) is 0 Å². The molecule has 3 heteroatoms. The van der Waals surface area contributed by atoms with E-state index in [1.165, 1.54) is 0 Å². The number of allylic oxidation sites excluding steroid dienone is 4.